The maximum Gasteiger partial charge on any atom is 0.238 e. The number of rotatable bonds is 1. The predicted octanol–water partition coefficient (Wildman–Crippen LogP) is 2.85. The van der Waals surface area contributed by atoms with Crippen LogP contribution < -0.4 is 4.42 Å². The van der Waals surface area contributed by atoms with Gasteiger partial charge in [-0.1, -0.05) is 11.6 Å². The minimum Gasteiger partial charge on any atom is -0.274 e. The molecular formula is C8H7Cl2NO. The highest BCUT2D eigenvalue weighted by molar-refractivity contribution is 6.36. The van der Waals surface area contributed by atoms with Crippen molar-refractivity contribution < 1.29 is 4.79 Å². The van der Waals surface area contributed by atoms with Crippen LogP contribution in [0.1, 0.15) is 6.92 Å². The predicted molar refractivity (Wildman–Crippen MR) is 50.5 cm³/mol. The molecule has 0 aliphatic heterocycles. The molecule has 1 amide bonds. The Morgan fingerprint density at radius 1 is 1.33 bits per heavy atom. The van der Waals surface area contributed by atoms with E-state index < -0.39 is 0 Å². The Kier molecular flexibility index (Phi) is 2.95. The second kappa shape index (κ2) is 3.78. The lowest BCUT2D eigenvalue weighted by Crippen LogP contribution is -2.15. The van der Waals surface area contributed by atoms with E-state index >= 15 is 0 Å². The van der Waals surface area contributed by atoms with Crippen LogP contribution in [0.4, 0.5) is 5.69 Å². The number of amides is 1. The van der Waals surface area contributed by atoms with Gasteiger partial charge in [-0.15, -0.1) is 0 Å². The van der Waals surface area contributed by atoms with E-state index in [1.165, 1.54) is 6.92 Å². The quantitative estimate of drug-likeness (QED) is 0.644. The summed E-state index contributed by atoms with van der Waals surface area (Å²) in [6.07, 6.45) is 0. The molecule has 0 N–H and O–H groups in total. The van der Waals surface area contributed by atoms with Crippen molar-refractivity contribution in [1.82, 2.24) is 0 Å². The van der Waals surface area contributed by atoms with E-state index in [-0.39, 0.29) is 5.91 Å². The lowest BCUT2D eigenvalue weighted by molar-refractivity contribution is -0.115. The third kappa shape index (κ3) is 2.13. The fourth-order valence-electron chi connectivity index (χ4n) is 0.754. The van der Waals surface area contributed by atoms with Gasteiger partial charge in [0, 0.05) is 23.7 Å². The van der Waals surface area contributed by atoms with Gasteiger partial charge in [-0.25, -0.2) is 4.42 Å². The molecule has 0 unspecified atom stereocenters. The van der Waals surface area contributed by atoms with E-state index in [0.29, 0.717) is 10.7 Å². The van der Waals surface area contributed by atoms with E-state index in [2.05, 4.69) is 0 Å². The van der Waals surface area contributed by atoms with E-state index in [4.69, 9.17) is 23.4 Å². The van der Waals surface area contributed by atoms with Crippen LogP contribution >= 0.6 is 23.4 Å². The topological polar surface area (TPSA) is 20.3 Å². The van der Waals surface area contributed by atoms with Gasteiger partial charge in [0.15, 0.2) is 0 Å². The highest BCUT2D eigenvalue weighted by Gasteiger charge is 2.06. The Morgan fingerprint density at radius 3 is 2.25 bits per heavy atom. The van der Waals surface area contributed by atoms with Gasteiger partial charge in [-0.3, -0.25) is 4.79 Å². The van der Waals surface area contributed by atoms with Gasteiger partial charge in [0.1, 0.15) is 0 Å². The summed E-state index contributed by atoms with van der Waals surface area (Å²) < 4.78 is 1.04. The summed E-state index contributed by atoms with van der Waals surface area (Å²) in [5.41, 5.74) is 0.619. The van der Waals surface area contributed by atoms with Crippen molar-refractivity contribution >= 4 is 35.0 Å². The molecule has 0 aromatic heterocycles. The molecule has 2 nitrogen and oxygen atoms in total. The molecule has 0 spiro atoms. The van der Waals surface area contributed by atoms with Gasteiger partial charge in [0.05, 0.1) is 5.69 Å². The molecule has 0 saturated carbocycles. The molecule has 4 heteroatoms. The normalized spacial score (nSPS) is 9.58. The third-order valence-electron chi connectivity index (χ3n) is 1.33. The Hall–Kier alpha value is -0.730. The number of halogens is 2. The summed E-state index contributed by atoms with van der Waals surface area (Å²) >= 11 is 11.3. The smallest absolute Gasteiger partial charge is 0.238 e. The van der Waals surface area contributed by atoms with E-state index in [1.54, 1.807) is 24.3 Å². The molecule has 0 fully saturated rings. The van der Waals surface area contributed by atoms with Gasteiger partial charge in [-0.2, -0.15) is 0 Å². The number of carbonyl (C=O) groups is 1. The van der Waals surface area contributed by atoms with Gasteiger partial charge in [0.25, 0.3) is 0 Å². The SMILES string of the molecule is CC(=O)N(Cl)c1ccc(Cl)cc1. The second-order valence-electron chi connectivity index (χ2n) is 2.28. The Labute approximate surface area is 80.8 Å². The van der Waals surface area contributed by atoms with Crippen molar-refractivity contribution in [3.63, 3.8) is 0 Å². The standard InChI is InChI=1S/C8H7Cl2NO/c1-6(12)11(10)8-4-2-7(9)3-5-8/h2-5H,1H3. The minimum absolute atomic E-state index is 0.223. The number of hydrogen-bond acceptors (Lipinski definition) is 1. The van der Waals surface area contributed by atoms with E-state index in [1.807, 2.05) is 0 Å². The molecule has 0 heterocycles. The average Bonchev–Trinajstić information content (AvgIpc) is 2.04. The Bertz CT molecular complexity index is 284. The fraction of sp³-hybridized carbons (Fsp3) is 0.125. The summed E-state index contributed by atoms with van der Waals surface area (Å²) in [5.74, 6) is -0.223. The molecule has 0 aliphatic carbocycles. The van der Waals surface area contributed by atoms with E-state index in [9.17, 15) is 4.79 Å². The number of benzene rings is 1. The molecule has 0 radical (unpaired) electrons. The van der Waals surface area contributed by atoms with Crippen molar-refractivity contribution in [2.75, 3.05) is 4.42 Å². The van der Waals surface area contributed by atoms with Crippen LogP contribution in [0.3, 0.4) is 0 Å². The zero-order chi connectivity index (χ0) is 9.14. The molecule has 12 heavy (non-hydrogen) atoms. The van der Waals surface area contributed by atoms with Crippen molar-refractivity contribution in [1.29, 1.82) is 0 Å². The van der Waals surface area contributed by atoms with Crippen molar-refractivity contribution in [3.05, 3.63) is 29.3 Å². The summed E-state index contributed by atoms with van der Waals surface area (Å²) in [6.45, 7) is 1.39. The molecular weight excluding hydrogens is 197 g/mol. The van der Waals surface area contributed by atoms with Gasteiger partial charge < -0.3 is 0 Å². The number of nitrogens with zero attached hydrogens (tertiary/aromatic N) is 1. The maximum atomic E-state index is 10.8. The molecule has 64 valence electrons. The van der Waals surface area contributed by atoms with Crippen LogP contribution in [-0.2, 0) is 4.79 Å². The number of carbonyl (C=O) groups excluding carboxylic acids is 1. The third-order valence-corrected chi connectivity index (χ3v) is 2.01. The molecule has 1 aromatic carbocycles. The molecule has 0 saturated heterocycles. The van der Waals surface area contributed by atoms with Gasteiger partial charge >= 0.3 is 0 Å². The largest absolute Gasteiger partial charge is 0.274 e. The minimum atomic E-state index is -0.223. The molecule has 0 aliphatic rings. The molecule has 1 aromatic rings. The first kappa shape index (κ1) is 9.36. The zero-order valence-electron chi connectivity index (χ0n) is 6.42. The molecule has 0 bridgehead atoms. The molecule has 0 atom stereocenters. The number of hydrogen-bond donors (Lipinski definition) is 0. The first-order chi connectivity index (χ1) is 5.61. The first-order valence-electron chi connectivity index (χ1n) is 3.33. The Balaban J connectivity index is 2.89. The number of anilines is 1. The lowest BCUT2D eigenvalue weighted by Gasteiger charge is -2.10. The van der Waals surface area contributed by atoms with Crippen LogP contribution in [-0.4, -0.2) is 5.91 Å². The van der Waals surface area contributed by atoms with Gasteiger partial charge in [0.2, 0.25) is 5.91 Å². The zero-order valence-corrected chi connectivity index (χ0v) is 7.93. The van der Waals surface area contributed by atoms with Crippen molar-refractivity contribution in [3.8, 4) is 0 Å². The monoisotopic (exact) mass is 203 g/mol. The highest BCUT2D eigenvalue weighted by atomic mass is 35.5. The van der Waals surface area contributed by atoms with Gasteiger partial charge in [-0.05, 0) is 24.3 Å². The second-order valence-corrected chi connectivity index (χ2v) is 3.05. The summed E-state index contributed by atoms with van der Waals surface area (Å²) in [7, 11) is 0. The highest BCUT2D eigenvalue weighted by Crippen LogP contribution is 2.19. The fourth-order valence-corrected chi connectivity index (χ4v) is 0.992. The maximum absolute atomic E-state index is 10.8. The lowest BCUT2D eigenvalue weighted by atomic mass is 10.3. The van der Waals surface area contributed by atoms with Crippen LogP contribution in [0.5, 0.6) is 0 Å². The first-order valence-corrected chi connectivity index (χ1v) is 4.05. The van der Waals surface area contributed by atoms with Crippen molar-refractivity contribution in [2.24, 2.45) is 0 Å². The van der Waals surface area contributed by atoms with Crippen molar-refractivity contribution in [2.45, 2.75) is 6.92 Å². The van der Waals surface area contributed by atoms with E-state index in [0.717, 1.165) is 4.42 Å². The summed E-state index contributed by atoms with van der Waals surface area (Å²) in [4.78, 5) is 10.8. The van der Waals surface area contributed by atoms with Crippen LogP contribution in [0.15, 0.2) is 24.3 Å². The van der Waals surface area contributed by atoms with Crippen LogP contribution in [0, 0.1) is 0 Å². The summed E-state index contributed by atoms with van der Waals surface area (Å²) in [6, 6.07) is 6.71. The average molecular weight is 204 g/mol. The van der Waals surface area contributed by atoms with Crippen LogP contribution in [0.2, 0.25) is 5.02 Å². The Morgan fingerprint density at radius 2 is 1.83 bits per heavy atom. The summed E-state index contributed by atoms with van der Waals surface area (Å²) in [5, 5.41) is 0.618. The van der Waals surface area contributed by atoms with Crippen LogP contribution in [0.25, 0.3) is 0 Å². The molecule has 1 rings (SSSR count).